The molecule has 0 amide bonds. The van der Waals surface area contributed by atoms with Crippen molar-refractivity contribution in [2.75, 3.05) is 36.3 Å². The Morgan fingerprint density at radius 1 is 0.348 bits per heavy atom. The van der Waals surface area contributed by atoms with Gasteiger partial charge < -0.3 is 26.5 Å². The van der Waals surface area contributed by atoms with Crippen LogP contribution in [0.15, 0.2) is 270 Å². The van der Waals surface area contributed by atoms with Gasteiger partial charge >= 0.3 is 29.6 Å². The van der Waals surface area contributed by atoms with Gasteiger partial charge in [0.15, 0.2) is 0 Å². The van der Waals surface area contributed by atoms with Crippen molar-refractivity contribution in [3.05, 3.63) is 320 Å². The van der Waals surface area contributed by atoms with Crippen LogP contribution < -0.4 is 44.7 Å². The number of rotatable bonds is 5. The number of aromatic nitrogens is 4. The van der Waals surface area contributed by atoms with Crippen molar-refractivity contribution >= 4 is 113 Å². The Morgan fingerprint density at radius 3 is 0.884 bits per heavy atom. The first-order chi connectivity index (χ1) is 52.4. The third kappa shape index (κ3) is 18.4. The quantitative estimate of drug-likeness (QED) is 0.103. The molecule has 17 rings (SSSR count). The second-order valence-corrected chi connectivity index (χ2v) is 38.4. The number of nitrogens with one attached hydrogen (secondary N) is 1. The van der Waals surface area contributed by atoms with Gasteiger partial charge in [0.25, 0.3) is 0 Å². The van der Waals surface area contributed by atoms with Crippen LogP contribution in [0.3, 0.4) is 0 Å². The molecule has 2 aromatic heterocycles. The van der Waals surface area contributed by atoms with Gasteiger partial charge in [-0.15, -0.1) is 0 Å². The summed E-state index contributed by atoms with van der Waals surface area (Å²) < 4.78 is 1.89. The van der Waals surface area contributed by atoms with Gasteiger partial charge in [0.1, 0.15) is 22.1 Å². The first kappa shape index (κ1) is 85.8. The molecule has 8 nitrogen and oxygen atoms in total. The molecule has 0 bridgehead atoms. The first-order valence-corrected chi connectivity index (χ1v) is 41.2. The molecule has 12 heteroatoms. The molecule has 0 atom stereocenters. The molecule has 568 valence electrons. The third-order valence-corrected chi connectivity index (χ3v) is 25.7. The monoisotopic (exact) mass is 1630 g/mol. The van der Waals surface area contributed by atoms with E-state index in [2.05, 4.69) is 363 Å². The molecule has 4 aliphatic rings. The fraction of sp³-hybridized carbons (Fsp3) is 0.250. The number of halogens is 2. The van der Waals surface area contributed by atoms with E-state index in [1.165, 1.54) is 72.7 Å². The molecule has 13 aromatic rings. The fourth-order valence-electron chi connectivity index (χ4n) is 17.0. The molecule has 0 spiro atoms. The van der Waals surface area contributed by atoms with Crippen molar-refractivity contribution in [1.82, 2.24) is 19.9 Å². The molecule has 0 saturated heterocycles. The van der Waals surface area contributed by atoms with Crippen molar-refractivity contribution in [1.29, 1.82) is 0 Å². The Bertz CT molecular complexity index is 5240. The maximum atomic E-state index is 5.67. The molecule has 11 aromatic carbocycles. The van der Waals surface area contributed by atoms with Crippen LogP contribution in [0.25, 0.3) is 89.4 Å². The van der Waals surface area contributed by atoms with Crippen molar-refractivity contribution < 1.29 is 35.0 Å². The molecule has 0 saturated carbocycles. The number of nitrogens with zero attached hydrogens (tertiary/aromatic N) is 6. The van der Waals surface area contributed by atoms with Crippen LogP contribution >= 0.6 is 39.8 Å². The summed E-state index contributed by atoms with van der Waals surface area (Å²) in [7, 11) is 6.16. The van der Waals surface area contributed by atoms with Gasteiger partial charge in [0.05, 0.1) is 34.2 Å². The van der Waals surface area contributed by atoms with Crippen molar-refractivity contribution in [3.8, 4) is 45.0 Å². The normalized spacial score (nSPS) is 12.9. The molecule has 0 unspecified atom stereocenters. The van der Waals surface area contributed by atoms with E-state index < -0.39 is 0 Å². The predicted molar refractivity (Wildman–Crippen MR) is 487 cm³/mol. The molecule has 0 fully saturated rings. The summed E-state index contributed by atoms with van der Waals surface area (Å²) in [6.45, 7) is 27.7. The molecule has 2 N–H and O–H groups in total. The second-order valence-electron chi connectivity index (χ2n) is 32.0. The number of hydrogen-bond donors (Lipinski definition) is 1. The number of benzene rings is 11. The largest absolute Gasteiger partial charge is 1.00 e. The van der Waals surface area contributed by atoms with Crippen LogP contribution in [-0.4, -0.2) is 62.0 Å². The van der Waals surface area contributed by atoms with Crippen LogP contribution in [0.5, 0.6) is 0 Å². The topological polar surface area (TPSA) is 100 Å². The molecule has 2 heterocycles. The number of fused-ring (bicyclic) bond motifs is 14. The Kier molecular flexibility index (Phi) is 28.4. The van der Waals surface area contributed by atoms with E-state index in [4.69, 9.17) is 19.9 Å². The fourth-order valence-corrected chi connectivity index (χ4v) is 23.9. The summed E-state index contributed by atoms with van der Waals surface area (Å²) in [6.07, 6.45) is 6.64. The maximum Gasteiger partial charge on any atom is 1.00 e. The number of para-hydroxylation sites is 3. The molecular formula is C100H106Br2N7NaOP-. The SMILES string of the molecule is Brc1ccc(Br)c2nc3c(nc12)-c1ccccc1C(=C1CCCc2ccccc21)c1ccccc1-3.C.CC(C)(C)P(C(C)(C)C)C(C)(C)C.CN(c1ccccc1)c1ccc(N(C)c2ccccc2)c2nc3c(nc12)-c1ccccc1C(=C1CCCc2ccccc21)c1ccccc1-3.CNc1ccccc1.C[C-](C)C.[Na+].[OH-]. The molecule has 4 aliphatic carbocycles. The minimum atomic E-state index is 0. The number of anilines is 5. The zero-order chi connectivity index (χ0) is 76.9. The van der Waals surface area contributed by atoms with E-state index in [0.29, 0.717) is 15.5 Å². The van der Waals surface area contributed by atoms with Gasteiger partial charge in [-0.3, -0.25) is 0 Å². The van der Waals surface area contributed by atoms with Crippen LogP contribution in [-0.2, 0) is 12.8 Å². The van der Waals surface area contributed by atoms with Crippen molar-refractivity contribution in [2.45, 2.75) is 145 Å². The summed E-state index contributed by atoms with van der Waals surface area (Å²) in [6, 6.07) is 92.3. The minimum Gasteiger partial charge on any atom is -0.870 e. The minimum absolute atomic E-state index is 0. The van der Waals surface area contributed by atoms with Gasteiger partial charge in [0, 0.05) is 69.4 Å². The maximum absolute atomic E-state index is 5.67. The molecule has 0 aliphatic heterocycles. The smallest absolute Gasteiger partial charge is 0.870 e. The number of hydrogen-bond acceptors (Lipinski definition) is 8. The number of allylic oxidation sites excluding steroid dienone is 2. The molecular weight excluding hydrogens is 1530 g/mol. The van der Waals surface area contributed by atoms with E-state index in [-0.39, 0.29) is 50.4 Å². The van der Waals surface area contributed by atoms with Crippen LogP contribution in [0.4, 0.5) is 28.4 Å². The van der Waals surface area contributed by atoms with Crippen LogP contribution in [0.1, 0.15) is 161 Å². The van der Waals surface area contributed by atoms with E-state index >= 15 is 0 Å². The Hall–Kier alpha value is -8.67. The number of aryl methyl sites for hydroxylation is 2. The summed E-state index contributed by atoms with van der Waals surface area (Å²) in [5, 5.41) is 4.38. The van der Waals surface area contributed by atoms with Crippen molar-refractivity contribution in [2.24, 2.45) is 0 Å². The van der Waals surface area contributed by atoms with Gasteiger partial charge in [-0.1, -0.05) is 278 Å². The van der Waals surface area contributed by atoms with Gasteiger partial charge in [-0.2, -0.15) is 20.8 Å². The van der Waals surface area contributed by atoms with E-state index in [1.54, 1.807) is 0 Å². The van der Waals surface area contributed by atoms with Crippen LogP contribution in [0.2, 0.25) is 0 Å². The van der Waals surface area contributed by atoms with E-state index in [9.17, 15) is 0 Å². The molecule has 112 heavy (non-hydrogen) atoms. The average Bonchev–Trinajstić information content (AvgIpc) is 1.55. The standard InChI is InChI=1S/C45H36N4.C31H20Br2N2.C12H27P.C7H9N.C4H9.CH4.Na.H2O/c1-48(31-18-5-3-6-19-31)39-28-29-40(49(2)32-20-7-4-8-21-32)45-44(39)46-42-37-25-13-11-23-35(37)41(36-24-12-14-26-38(36)43(42)47-45)34-27-15-17-30-16-9-10-22-33(30)34;32-25-16-17-26(33)31-30(25)34-28-23-13-5-3-11-21(23)27(22-12-4-6-14-24(22)29(28)35-31)20-15-7-9-18-8-1-2-10-19(18)20;1-10(2,3)13(11(4,5)6)12(7,8)9;1-8-7-5-3-2-4-6-7;1-4(2)3;;;/h3-14,16,18-26,28-29H,15,17,27H2,1-2H3;1-6,8,10-14,16-17H,7,9,15H2;1-9H3;2-6,8H,1H3;1-3H3;1H4;;1H2/q;;;;-1;;+1;/p-1. The Balaban J connectivity index is 0.000000183. The van der Waals surface area contributed by atoms with Crippen molar-refractivity contribution in [3.63, 3.8) is 0 Å². The summed E-state index contributed by atoms with van der Waals surface area (Å²) in [5.74, 6) is 1.42. The van der Waals surface area contributed by atoms with Gasteiger partial charge in [-0.05, 0) is 213 Å². The molecule has 0 radical (unpaired) electrons. The van der Waals surface area contributed by atoms with Gasteiger partial charge in [-0.25, -0.2) is 19.9 Å². The second kappa shape index (κ2) is 37.1. The summed E-state index contributed by atoms with van der Waals surface area (Å²) >= 11 is 7.42. The van der Waals surface area contributed by atoms with Crippen LogP contribution in [0, 0.1) is 5.92 Å². The Morgan fingerprint density at radius 2 is 0.607 bits per heavy atom. The first-order valence-electron chi connectivity index (χ1n) is 38.3. The average molecular weight is 1640 g/mol. The van der Waals surface area contributed by atoms with E-state index in [0.717, 1.165) is 143 Å². The summed E-state index contributed by atoms with van der Waals surface area (Å²) in [4.78, 5) is 26.3. The van der Waals surface area contributed by atoms with Gasteiger partial charge in [0.2, 0.25) is 0 Å². The third-order valence-electron chi connectivity index (χ3n) is 20.4. The van der Waals surface area contributed by atoms with E-state index in [1.807, 2.05) is 49.5 Å². The predicted octanol–water partition coefficient (Wildman–Crippen LogP) is 25.9. The zero-order valence-corrected chi connectivity index (χ0v) is 73.5. The Labute approximate surface area is 707 Å². The summed E-state index contributed by atoms with van der Waals surface area (Å²) in [5.41, 5.74) is 33.0. The zero-order valence-electron chi connectivity index (χ0n) is 67.4.